The molecule has 2 aliphatic heterocycles. The average Bonchev–Trinajstić information content (AvgIpc) is 3.11. The van der Waals surface area contributed by atoms with Crippen LogP contribution in [-0.2, 0) is 16.1 Å². The molecule has 9 nitrogen and oxygen atoms in total. The molecule has 26 heavy (non-hydrogen) atoms. The first-order valence-corrected chi connectivity index (χ1v) is 8.58. The summed E-state index contributed by atoms with van der Waals surface area (Å²) in [6, 6.07) is 4.05. The van der Waals surface area contributed by atoms with Crippen molar-refractivity contribution in [3.05, 3.63) is 35.8 Å². The summed E-state index contributed by atoms with van der Waals surface area (Å²) in [6.07, 6.45) is 3.44. The second kappa shape index (κ2) is 6.83. The third-order valence-corrected chi connectivity index (χ3v) is 4.72. The Labute approximate surface area is 150 Å². The van der Waals surface area contributed by atoms with E-state index >= 15 is 0 Å². The highest BCUT2D eigenvalue weighted by atomic mass is 16.5. The SMILES string of the molecule is CC(=O)c1cn(Cc2ccc(N3CCN4C(=O)COCC4C3)nc2)nn1. The van der Waals surface area contributed by atoms with Crippen molar-refractivity contribution in [2.24, 2.45) is 0 Å². The normalized spacial score (nSPS) is 20.2. The third kappa shape index (κ3) is 3.30. The number of hydrogen-bond acceptors (Lipinski definition) is 7. The number of fused-ring (bicyclic) bond motifs is 1. The number of piperazine rings is 1. The Morgan fingerprint density at radius 2 is 2.23 bits per heavy atom. The smallest absolute Gasteiger partial charge is 0.249 e. The quantitative estimate of drug-likeness (QED) is 0.710. The number of carbonyl (C=O) groups excluding carboxylic acids is 2. The predicted molar refractivity (Wildman–Crippen MR) is 91.9 cm³/mol. The Morgan fingerprint density at radius 3 is 2.96 bits per heavy atom. The van der Waals surface area contributed by atoms with Crippen LogP contribution in [0.1, 0.15) is 23.0 Å². The first-order chi connectivity index (χ1) is 12.6. The van der Waals surface area contributed by atoms with E-state index in [-0.39, 0.29) is 24.3 Å². The van der Waals surface area contributed by atoms with E-state index in [0.717, 1.165) is 24.5 Å². The number of aromatic nitrogens is 4. The zero-order chi connectivity index (χ0) is 18.1. The largest absolute Gasteiger partial charge is 0.369 e. The molecule has 0 aromatic carbocycles. The molecule has 4 heterocycles. The average molecular weight is 356 g/mol. The molecule has 1 unspecified atom stereocenters. The number of rotatable bonds is 4. The molecule has 2 saturated heterocycles. The highest BCUT2D eigenvalue weighted by Gasteiger charge is 2.34. The Kier molecular flexibility index (Phi) is 4.37. The van der Waals surface area contributed by atoms with Gasteiger partial charge in [-0.2, -0.15) is 0 Å². The lowest BCUT2D eigenvalue weighted by molar-refractivity contribution is -0.148. The Balaban J connectivity index is 1.41. The van der Waals surface area contributed by atoms with Gasteiger partial charge in [-0.3, -0.25) is 9.59 Å². The van der Waals surface area contributed by atoms with Crippen LogP contribution >= 0.6 is 0 Å². The van der Waals surface area contributed by atoms with Crippen molar-refractivity contribution in [3.8, 4) is 0 Å². The zero-order valence-electron chi connectivity index (χ0n) is 14.5. The van der Waals surface area contributed by atoms with Gasteiger partial charge in [0.1, 0.15) is 18.1 Å². The fourth-order valence-corrected chi connectivity index (χ4v) is 3.32. The summed E-state index contributed by atoms with van der Waals surface area (Å²) >= 11 is 0. The van der Waals surface area contributed by atoms with E-state index in [4.69, 9.17) is 4.74 Å². The summed E-state index contributed by atoms with van der Waals surface area (Å²) in [5.41, 5.74) is 1.33. The van der Waals surface area contributed by atoms with Gasteiger partial charge in [0.15, 0.2) is 5.78 Å². The molecule has 0 spiro atoms. The van der Waals surface area contributed by atoms with Crippen LogP contribution in [-0.4, -0.2) is 75.5 Å². The zero-order valence-corrected chi connectivity index (χ0v) is 14.5. The minimum absolute atomic E-state index is 0.0713. The summed E-state index contributed by atoms with van der Waals surface area (Å²) in [6.45, 7) is 4.93. The van der Waals surface area contributed by atoms with E-state index in [1.165, 1.54) is 6.92 Å². The number of Topliss-reactive ketones (excluding diaryl/α,β-unsaturated/α-hetero) is 1. The number of amides is 1. The van der Waals surface area contributed by atoms with Crippen LogP contribution in [0.25, 0.3) is 0 Å². The predicted octanol–water partition coefficient (Wildman–Crippen LogP) is -0.0286. The Bertz CT molecular complexity index is 818. The molecule has 4 rings (SSSR count). The van der Waals surface area contributed by atoms with Crippen molar-refractivity contribution in [3.63, 3.8) is 0 Å². The number of anilines is 1. The van der Waals surface area contributed by atoms with Crippen LogP contribution in [0.5, 0.6) is 0 Å². The van der Waals surface area contributed by atoms with Crippen LogP contribution in [0.15, 0.2) is 24.5 Å². The fourth-order valence-electron chi connectivity index (χ4n) is 3.32. The highest BCUT2D eigenvalue weighted by molar-refractivity contribution is 5.91. The second-order valence-electron chi connectivity index (χ2n) is 6.58. The van der Waals surface area contributed by atoms with Crippen LogP contribution < -0.4 is 4.90 Å². The van der Waals surface area contributed by atoms with Crippen molar-refractivity contribution < 1.29 is 14.3 Å². The van der Waals surface area contributed by atoms with Gasteiger partial charge < -0.3 is 14.5 Å². The van der Waals surface area contributed by atoms with Gasteiger partial charge in [0.05, 0.1) is 25.4 Å². The molecule has 0 radical (unpaired) electrons. The van der Waals surface area contributed by atoms with Gasteiger partial charge in [0, 0.05) is 32.8 Å². The molecular weight excluding hydrogens is 336 g/mol. The molecule has 0 bridgehead atoms. The van der Waals surface area contributed by atoms with Gasteiger partial charge in [-0.15, -0.1) is 5.10 Å². The van der Waals surface area contributed by atoms with Crippen molar-refractivity contribution in [2.45, 2.75) is 19.5 Å². The van der Waals surface area contributed by atoms with Crippen LogP contribution in [0.2, 0.25) is 0 Å². The molecular formula is C17H20N6O3. The maximum Gasteiger partial charge on any atom is 0.249 e. The first kappa shape index (κ1) is 16.6. The molecule has 136 valence electrons. The molecule has 2 aromatic heterocycles. The van der Waals surface area contributed by atoms with E-state index in [2.05, 4.69) is 20.2 Å². The summed E-state index contributed by atoms with van der Waals surface area (Å²) in [4.78, 5) is 31.8. The number of nitrogens with zero attached hydrogens (tertiary/aromatic N) is 6. The van der Waals surface area contributed by atoms with Crippen molar-refractivity contribution in [1.82, 2.24) is 24.9 Å². The molecule has 0 N–H and O–H groups in total. The number of ketones is 1. The van der Waals surface area contributed by atoms with Crippen LogP contribution in [0, 0.1) is 0 Å². The molecule has 0 aliphatic carbocycles. The van der Waals surface area contributed by atoms with Gasteiger partial charge in [0.25, 0.3) is 0 Å². The number of hydrogen-bond donors (Lipinski definition) is 0. The van der Waals surface area contributed by atoms with Crippen LogP contribution in [0.3, 0.4) is 0 Å². The molecule has 2 fully saturated rings. The maximum absolute atomic E-state index is 11.9. The number of carbonyl (C=O) groups is 2. The van der Waals surface area contributed by atoms with E-state index in [1.54, 1.807) is 17.1 Å². The Hall–Kier alpha value is -2.81. The van der Waals surface area contributed by atoms with Crippen LogP contribution in [0.4, 0.5) is 5.82 Å². The van der Waals surface area contributed by atoms with Gasteiger partial charge in [-0.1, -0.05) is 11.3 Å². The minimum Gasteiger partial charge on any atom is -0.369 e. The molecule has 1 atom stereocenters. The minimum atomic E-state index is -0.103. The first-order valence-electron chi connectivity index (χ1n) is 8.58. The molecule has 1 amide bonds. The standard InChI is InChI=1S/C17H20N6O3/c1-12(24)15-9-22(20-19-15)7-13-2-3-16(18-6-13)21-4-5-23-14(8-21)10-26-11-17(23)25/h2-3,6,9,14H,4-5,7-8,10-11H2,1H3. The summed E-state index contributed by atoms with van der Waals surface area (Å²) in [5, 5.41) is 7.79. The lowest BCUT2D eigenvalue weighted by Crippen LogP contribution is -2.60. The monoisotopic (exact) mass is 356 g/mol. The lowest BCUT2D eigenvalue weighted by atomic mass is 10.1. The second-order valence-corrected chi connectivity index (χ2v) is 6.58. The number of ether oxygens (including phenoxy) is 1. The molecule has 2 aliphatic rings. The van der Waals surface area contributed by atoms with Crippen molar-refractivity contribution in [2.75, 3.05) is 37.7 Å². The van der Waals surface area contributed by atoms with Gasteiger partial charge in [0.2, 0.25) is 5.91 Å². The van der Waals surface area contributed by atoms with E-state index < -0.39 is 0 Å². The summed E-state index contributed by atoms with van der Waals surface area (Å²) < 4.78 is 6.98. The highest BCUT2D eigenvalue weighted by Crippen LogP contribution is 2.20. The third-order valence-electron chi connectivity index (χ3n) is 4.72. The topological polar surface area (TPSA) is 93.5 Å². The lowest BCUT2D eigenvalue weighted by Gasteiger charge is -2.44. The van der Waals surface area contributed by atoms with E-state index in [9.17, 15) is 9.59 Å². The van der Waals surface area contributed by atoms with Crippen molar-refractivity contribution >= 4 is 17.5 Å². The number of morpholine rings is 1. The molecule has 0 saturated carbocycles. The van der Waals surface area contributed by atoms with E-state index in [0.29, 0.717) is 25.4 Å². The van der Waals surface area contributed by atoms with Gasteiger partial charge in [-0.25, -0.2) is 9.67 Å². The van der Waals surface area contributed by atoms with Gasteiger partial charge in [-0.05, 0) is 11.6 Å². The Morgan fingerprint density at radius 1 is 1.35 bits per heavy atom. The summed E-state index contributed by atoms with van der Waals surface area (Å²) in [5.74, 6) is 0.852. The molecule has 9 heteroatoms. The number of pyridine rings is 1. The maximum atomic E-state index is 11.9. The van der Waals surface area contributed by atoms with E-state index in [1.807, 2.05) is 17.0 Å². The van der Waals surface area contributed by atoms with Crippen molar-refractivity contribution in [1.29, 1.82) is 0 Å². The summed E-state index contributed by atoms with van der Waals surface area (Å²) in [7, 11) is 0. The fraction of sp³-hybridized carbons (Fsp3) is 0.471. The van der Waals surface area contributed by atoms with Gasteiger partial charge >= 0.3 is 0 Å². The molecule has 2 aromatic rings.